The molecule has 2 aliphatic rings. The van der Waals surface area contributed by atoms with Gasteiger partial charge in [-0.25, -0.2) is 10.0 Å². The van der Waals surface area contributed by atoms with E-state index in [4.69, 9.17) is 4.74 Å². The average molecular weight is 467 g/mol. The van der Waals surface area contributed by atoms with Crippen molar-refractivity contribution in [1.29, 1.82) is 0 Å². The smallest absolute Gasteiger partial charge is 0.256 e. The molecule has 0 saturated heterocycles. The molecule has 2 atom stereocenters. The molecule has 176 valence electrons. The third-order valence-electron chi connectivity index (χ3n) is 6.59. The molecular formula is C28H26N4O3. The molecule has 0 unspecified atom stereocenters. The highest BCUT2D eigenvalue weighted by Crippen LogP contribution is 2.42. The fourth-order valence-corrected chi connectivity index (χ4v) is 4.90. The molecule has 0 spiro atoms. The maximum Gasteiger partial charge on any atom is 0.256 e. The van der Waals surface area contributed by atoms with E-state index in [9.17, 15) is 9.59 Å². The summed E-state index contributed by atoms with van der Waals surface area (Å²) in [6.07, 6.45) is 0. The molecule has 3 aromatic carbocycles. The van der Waals surface area contributed by atoms with Crippen LogP contribution >= 0.6 is 0 Å². The van der Waals surface area contributed by atoms with Gasteiger partial charge in [0.2, 0.25) is 0 Å². The van der Waals surface area contributed by atoms with E-state index in [1.54, 1.807) is 7.11 Å². The molecule has 0 aromatic heterocycles. The van der Waals surface area contributed by atoms with Gasteiger partial charge in [-0.2, -0.15) is 10.2 Å². The topological polar surface area (TPSA) is 74.6 Å². The van der Waals surface area contributed by atoms with E-state index in [2.05, 4.69) is 10.2 Å². The summed E-state index contributed by atoms with van der Waals surface area (Å²) >= 11 is 0. The Kier molecular flexibility index (Phi) is 5.91. The Hall–Kier alpha value is -4.26. The van der Waals surface area contributed by atoms with Crippen LogP contribution in [-0.2, 0) is 9.59 Å². The summed E-state index contributed by atoms with van der Waals surface area (Å²) in [6.45, 7) is 3.70. The minimum atomic E-state index is -0.613. The first-order valence-corrected chi connectivity index (χ1v) is 11.5. The van der Waals surface area contributed by atoms with Gasteiger partial charge in [-0.05, 0) is 55.8 Å². The quantitative estimate of drug-likeness (QED) is 0.521. The Morgan fingerprint density at radius 3 is 1.51 bits per heavy atom. The number of carbonyl (C=O) groups excluding carboxylic acids is 2. The van der Waals surface area contributed by atoms with E-state index < -0.39 is 17.8 Å². The second kappa shape index (κ2) is 9.18. The van der Waals surface area contributed by atoms with Gasteiger partial charge in [-0.3, -0.25) is 9.59 Å². The minimum absolute atomic E-state index is 0.159. The number of amides is 2. The molecular weight excluding hydrogens is 440 g/mol. The minimum Gasteiger partial charge on any atom is -0.497 e. The standard InChI is InChI=1S/C28H26N4O3/c1-18-24(27(33)31(29-18)21-10-6-4-7-11-21)26(20-14-16-23(35-3)17-15-20)25-19(2)30-32(28(25)34)22-12-8-5-9-13-22/h4-17,24-26H,1-3H3/t24-,25-/m0/s1. The van der Waals surface area contributed by atoms with E-state index in [-0.39, 0.29) is 11.8 Å². The van der Waals surface area contributed by atoms with Gasteiger partial charge < -0.3 is 4.74 Å². The SMILES string of the molecule is COc1ccc(C([C@H]2C(=O)N(c3ccccc3)N=C2C)[C@H]2C(=O)N(c3ccccc3)N=C2C)cc1. The summed E-state index contributed by atoms with van der Waals surface area (Å²) < 4.78 is 5.34. The number of anilines is 2. The van der Waals surface area contributed by atoms with Crippen molar-refractivity contribution < 1.29 is 14.3 Å². The Bertz CT molecular complexity index is 1220. The van der Waals surface area contributed by atoms with Gasteiger partial charge in [-0.15, -0.1) is 0 Å². The molecule has 35 heavy (non-hydrogen) atoms. The van der Waals surface area contributed by atoms with Crippen LogP contribution in [0.5, 0.6) is 5.75 Å². The van der Waals surface area contributed by atoms with Crippen LogP contribution in [0.4, 0.5) is 11.4 Å². The Morgan fingerprint density at radius 2 is 1.11 bits per heavy atom. The molecule has 3 aromatic rings. The van der Waals surface area contributed by atoms with Crippen molar-refractivity contribution in [3.63, 3.8) is 0 Å². The number of para-hydroxylation sites is 2. The van der Waals surface area contributed by atoms with Gasteiger partial charge in [0.1, 0.15) is 5.75 Å². The molecule has 7 heteroatoms. The number of carbonyl (C=O) groups is 2. The maximum atomic E-state index is 13.8. The van der Waals surface area contributed by atoms with Crippen LogP contribution in [0.15, 0.2) is 95.1 Å². The van der Waals surface area contributed by atoms with Gasteiger partial charge in [0.15, 0.2) is 0 Å². The Morgan fingerprint density at radius 1 is 0.686 bits per heavy atom. The maximum absolute atomic E-state index is 13.8. The van der Waals surface area contributed by atoms with Crippen LogP contribution in [0.1, 0.15) is 25.3 Å². The monoisotopic (exact) mass is 466 g/mol. The predicted octanol–water partition coefficient (Wildman–Crippen LogP) is 4.86. The summed E-state index contributed by atoms with van der Waals surface area (Å²) in [5.41, 5.74) is 3.58. The lowest BCUT2D eigenvalue weighted by atomic mass is 9.73. The normalized spacial score (nSPS) is 19.9. The van der Waals surface area contributed by atoms with Crippen molar-refractivity contribution >= 4 is 34.6 Å². The molecule has 0 fully saturated rings. The molecule has 2 amide bonds. The van der Waals surface area contributed by atoms with E-state index in [1.807, 2.05) is 98.8 Å². The fraction of sp³-hybridized carbons (Fsp3) is 0.214. The van der Waals surface area contributed by atoms with E-state index >= 15 is 0 Å². The second-order valence-corrected chi connectivity index (χ2v) is 8.71. The number of ether oxygens (including phenoxy) is 1. The van der Waals surface area contributed by atoms with Crippen LogP contribution < -0.4 is 14.8 Å². The van der Waals surface area contributed by atoms with Crippen LogP contribution in [-0.4, -0.2) is 30.3 Å². The first kappa shape index (κ1) is 22.5. The summed E-state index contributed by atoms with van der Waals surface area (Å²) in [4.78, 5) is 27.6. The number of hydrogen-bond acceptors (Lipinski definition) is 5. The van der Waals surface area contributed by atoms with Crippen LogP contribution in [0.3, 0.4) is 0 Å². The largest absolute Gasteiger partial charge is 0.497 e. The number of methoxy groups -OCH3 is 1. The van der Waals surface area contributed by atoms with E-state index in [1.165, 1.54) is 10.0 Å². The summed E-state index contributed by atoms with van der Waals surface area (Å²) in [7, 11) is 1.61. The Labute approximate surface area is 204 Å². The fourth-order valence-electron chi connectivity index (χ4n) is 4.90. The summed E-state index contributed by atoms with van der Waals surface area (Å²) in [6, 6.07) is 26.2. The third-order valence-corrected chi connectivity index (χ3v) is 6.59. The molecule has 0 aliphatic carbocycles. The zero-order valence-corrected chi connectivity index (χ0v) is 19.8. The lowest BCUT2D eigenvalue weighted by Gasteiger charge is -2.28. The third kappa shape index (κ3) is 3.99. The predicted molar refractivity (Wildman–Crippen MR) is 137 cm³/mol. The zero-order valence-electron chi connectivity index (χ0n) is 19.8. The van der Waals surface area contributed by atoms with Crippen molar-refractivity contribution in [3.05, 3.63) is 90.5 Å². The first-order valence-electron chi connectivity index (χ1n) is 11.5. The van der Waals surface area contributed by atoms with Gasteiger partial charge in [-0.1, -0.05) is 48.5 Å². The number of benzene rings is 3. The number of rotatable bonds is 6. The van der Waals surface area contributed by atoms with Gasteiger partial charge in [0.25, 0.3) is 11.8 Å². The van der Waals surface area contributed by atoms with Crippen molar-refractivity contribution in [3.8, 4) is 5.75 Å². The average Bonchev–Trinajstić information content (AvgIpc) is 3.36. The van der Waals surface area contributed by atoms with Crippen LogP contribution in [0.2, 0.25) is 0 Å². The molecule has 0 saturated carbocycles. The summed E-state index contributed by atoms with van der Waals surface area (Å²) in [5, 5.41) is 12.1. The number of nitrogens with zero attached hydrogens (tertiary/aromatic N) is 4. The highest BCUT2D eigenvalue weighted by Gasteiger charge is 2.50. The molecule has 5 rings (SSSR count). The van der Waals surface area contributed by atoms with Gasteiger partial charge in [0, 0.05) is 17.3 Å². The van der Waals surface area contributed by atoms with Crippen LogP contribution in [0.25, 0.3) is 0 Å². The van der Waals surface area contributed by atoms with Crippen molar-refractivity contribution in [2.75, 3.05) is 17.1 Å². The lowest BCUT2D eigenvalue weighted by Crippen LogP contribution is -2.40. The molecule has 0 bridgehead atoms. The number of hydrogen-bond donors (Lipinski definition) is 0. The first-order chi connectivity index (χ1) is 17.0. The molecule has 2 heterocycles. The van der Waals surface area contributed by atoms with Crippen LogP contribution in [0, 0.1) is 11.8 Å². The zero-order chi connectivity index (χ0) is 24.5. The van der Waals surface area contributed by atoms with E-state index in [0.717, 1.165) is 5.56 Å². The molecule has 0 radical (unpaired) electrons. The highest BCUT2D eigenvalue weighted by molar-refractivity contribution is 6.19. The lowest BCUT2D eigenvalue weighted by molar-refractivity contribution is -0.122. The van der Waals surface area contributed by atoms with Crippen molar-refractivity contribution in [1.82, 2.24) is 0 Å². The highest BCUT2D eigenvalue weighted by atomic mass is 16.5. The second-order valence-electron chi connectivity index (χ2n) is 8.71. The van der Waals surface area contributed by atoms with Crippen molar-refractivity contribution in [2.24, 2.45) is 22.0 Å². The molecule has 2 aliphatic heterocycles. The van der Waals surface area contributed by atoms with Crippen molar-refractivity contribution in [2.45, 2.75) is 19.8 Å². The molecule has 0 N–H and O–H groups in total. The Balaban J connectivity index is 1.57. The van der Waals surface area contributed by atoms with Gasteiger partial charge >= 0.3 is 0 Å². The van der Waals surface area contributed by atoms with Gasteiger partial charge in [0.05, 0.1) is 30.3 Å². The summed E-state index contributed by atoms with van der Waals surface area (Å²) in [5.74, 6) is -1.31. The van der Waals surface area contributed by atoms with E-state index in [0.29, 0.717) is 28.5 Å². The molecule has 7 nitrogen and oxygen atoms in total. The number of hydrazone groups is 2.